The molecule has 1 aliphatic carbocycles. The van der Waals surface area contributed by atoms with Crippen LogP contribution in [0.5, 0.6) is 0 Å². The van der Waals surface area contributed by atoms with Gasteiger partial charge in [0, 0.05) is 15.8 Å². The zero-order chi connectivity index (χ0) is 13.2. The molecule has 1 aromatic carbocycles. The third-order valence-electron chi connectivity index (χ3n) is 3.16. The van der Waals surface area contributed by atoms with Gasteiger partial charge in [-0.15, -0.1) is 11.8 Å². The number of thioether (sulfide) groups is 1. The van der Waals surface area contributed by atoms with E-state index in [1.807, 2.05) is 0 Å². The normalized spacial score (nSPS) is 17.8. The summed E-state index contributed by atoms with van der Waals surface area (Å²) in [7, 11) is -3.65. The number of benzene rings is 1. The van der Waals surface area contributed by atoms with Crippen molar-refractivity contribution in [1.82, 2.24) is 0 Å². The number of hydrogen-bond acceptors (Lipinski definition) is 4. The number of nitrogens with two attached hydrogens (primary N) is 2. The molecule has 0 heterocycles. The van der Waals surface area contributed by atoms with Crippen LogP contribution in [-0.4, -0.2) is 13.7 Å². The molecule has 1 aliphatic rings. The second-order valence-corrected chi connectivity index (χ2v) is 7.53. The quantitative estimate of drug-likeness (QED) is 0.835. The van der Waals surface area contributed by atoms with Crippen molar-refractivity contribution in [1.29, 1.82) is 0 Å². The molecule has 0 aliphatic heterocycles. The molecule has 0 amide bonds. The molecule has 0 radical (unpaired) electrons. The summed E-state index contributed by atoms with van der Waals surface area (Å²) in [6, 6.07) is 4.66. The molecule has 4 N–H and O–H groups in total. The molecule has 6 heteroatoms. The molecule has 0 saturated heterocycles. The second-order valence-electron chi connectivity index (χ2n) is 4.62. The van der Waals surface area contributed by atoms with Gasteiger partial charge >= 0.3 is 0 Å². The van der Waals surface area contributed by atoms with Gasteiger partial charge in [-0.25, -0.2) is 13.6 Å². The van der Waals surface area contributed by atoms with Gasteiger partial charge in [-0.3, -0.25) is 0 Å². The van der Waals surface area contributed by atoms with Gasteiger partial charge in [-0.05, 0) is 31.0 Å². The molecule has 1 aromatic rings. The maximum absolute atomic E-state index is 11.3. The zero-order valence-corrected chi connectivity index (χ0v) is 11.8. The fraction of sp³-hybridized carbons (Fsp3) is 0.500. The predicted octanol–water partition coefficient (Wildman–Crippen LogP) is 2.34. The van der Waals surface area contributed by atoms with Crippen LogP contribution in [0.3, 0.4) is 0 Å². The third-order valence-corrected chi connectivity index (χ3v) is 5.48. The van der Waals surface area contributed by atoms with Crippen molar-refractivity contribution in [2.75, 3.05) is 5.73 Å². The second kappa shape index (κ2) is 5.50. The largest absolute Gasteiger partial charge is 0.398 e. The van der Waals surface area contributed by atoms with Gasteiger partial charge in [0.15, 0.2) is 0 Å². The van der Waals surface area contributed by atoms with E-state index in [9.17, 15) is 8.42 Å². The minimum absolute atomic E-state index is 0.134. The molecule has 4 nitrogen and oxygen atoms in total. The summed E-state index contributed by atoms with van der Waals surface area (Å²) in [6.45, 7) is 0. The van der Waals surface area contributed by atoms with Crippen LogP contribution >= 0.6 is 11.8 Å². The van der Waals surface area contributed by atoms with E-state index in [0.29, 0.717) is 10.9 Å². The Kier molecular flexibility index (Phi) is 4.19. The first kappa shape index (κ1) is 13.7. The van der Waals surface area contributed by atoms with Crippen LogP contribution in [0, 0.1) is 0 Å². The molecular formula is C12H18N2O2S2. The van der Waals surface area contributed by atoms with Crippen molar-refractivity contribution in [3.8, 4) is 0 Å². The van der Waals surface area contributed by atoms with E-state index >= 15 is 0 Å². The lowest BCUT2D eigenvalue weighted by molar-refractivity contribution is 0.516. The SMILES string of the molecule is Nc1ccc(S(N)(=O)=O)cc1SC1CCCCC1. The molecule has 0 aromatic heterocycles. The summed E-state index contributed by atoms with van der Waals surface area (Å²) in [6.07, 6.45) is 6.12. The van der Waals surface area contributed by atoms with Gasteiger partial charge in [0.2, 0.25) is 10.0 Å². The molecular weight excluding hydrogens is 268 g/mol. The Morgan fingerprint density at radius 2 is 1.83 bits per heavy atom. The van der Waals surface area contributed by atoms with Gasteiger partial charge < -0.3 is 5.73 Å². The summed E-state index contributed by atoms with van der Waals surface area (Å²) < 4.78 is 22.6. The van der Waals surface area contributed by atoms with Crippen molar-refractivity contribution in [2.45, 2.75) is 47.1 Å². The van der Waals surface area contributed by atoms with E-state index < -0.39 is 10.0 Å². The van der Waals surface area contributed by atoms with Crippen LogP contribution in [0.2, 0.25) is 0 Å². The van der Waals surface area contributed by atoms with Crippen molar-refractivity contribution in [3.05, 3.63) is 18.2 Å². The van der Waals surface area contributed by atoms with E-state index in [1.54, 1.807) is 23.9 Å². The summed E-state index contributed by atoms with van der Waals surface area (Å²) in [4.78, 5) is 0.962. The Balaban J connectivity index is 2.21. The molecule has 2 rings (SSSR count). The highest BCUT2D eigenvalue weighted by Gasteiger charge is 2.17. The number of hydrogen-bond donors (Lipinski definition) is 2. The number of anilines is 1. The summed E-state index contributed by atoms with van der Waals surface area (Å²) >= 11 is 1.68. The molecule has 0 spiro atoms. The lowest BCUT2D eigenvalue weighted by atomic mass is 10.0. The number of nitrogen functional groups attached to an aromatic ring is 1. The molecule has 18 heavy (non-hydrogen) atoms. The monoisotopic (exact) mass is 286 g/mol. The van der Waals surface area contributed by atoms with Gasteiger partial charge in [0.25, 0.3) is 0 Å². The van der Waals surface area contributed by atoms with Crippen molar-refractivity contribution in [3.63, 3.8) is 0 Å². The van der Waals surface area contributed by atoms with E-state index in [-0.39, 0.29) is 4.90 Å². The third kappa shape index (κ3) is 3.40. The molecule has 1 saturated carbocycles. The molecule has 1 fully saturated rings. The standard InChI is InChI=1S/C12H18N2O2S2/c13-11-7-6-10(18(14,15)16)8-12(11)17-9-4-2-1-3-5-9/h6-9H,1-5,13H2,(H2,14,15,16). The first-order valence-electron chi connectivity index (χ1n) is 6.06. The van der Waals surface area contributed by atoms with Gasteiger partial charge in [0.1, 0.15) is 0 Å². The fourth-order valence-electron chi connectivity index (χ4n) is 2.16. The van der Waals surface area contributed by atoms with Crippen LogP contribution in [0.1, 0.15) is 32.1 Å². The van der Waals surface area contributed by atoms with Gasteiger partial charge in [-0.1, -0.05) is 19.3 Å². The maximum Gasteiger partial charge on any atom is 0.238 e. The zero-order valence-electron chi connectivity index (χ0n) is 10.1. The summed E-state index contributed by atoms with van der Waals surface area (Å²) in [5, 5.41) is 5.67. The lowest BCUT2D eigenvalue weighted by Gasteiger charge is -2.21. The minimum atomic E-state index is -3.65. The molecule has 100 valence electrons. The average molecular weight is 286 g/mol. The van der Waals surface area contributed by atoms with Gasteiger partial charge in [-0.2, -0.15) is 0 Å². The number of primary sulfonamides is 1. The first-order valence-corrected chi connectivity index (χ1v) is 8.48. The highest BCUT2D eigenvalue weighted by atomic mass is 32.2. The van der Waals surface area contributed by atoms with Crippen LogP contribution in [0.15, 0.2) is 28.0 Å². The Bertz CT molecular complexity index is 523. The van der Waals surface area contributed by atoms with E-state index in [0.717, 1.165) is 4.90 Å². The van der Waals surface area contributed by atoms with E-state index in [2.05, 4.69) is 0 Å². The number of sulfonamides is 1. The smallest absolute Gasteiger partial charge is 0.238 e. The maximum atomic E-state index is 11.3. The highest BCUT2D eigenvalue weighted by molar-refractivity contribution is 8.00. The van der Waals surface area contributed by atoms with Crippen LogP contribution in [0.25, 0.3) is 0 Å². The summed E-state index contributed by atoms with van der Waals surface area (Å²) in [5.74, 6) is 0. The van der Waals surface area contributed by atoms with Gasteiger partial charge in [0.05, 0.1) is 4.90 Å². The topological polar surface area (TPSA) is 86.2 Å². The fourth-order valence-corrected chi connectivity index (χ4v) is 4.10. The first-order chi connectivity index (χ1) is 8.47. The van der Waals surface area contributed by atoms with E-state index in [1.165, 1.54) is 38.2 Å². The van der Waals surface area contributed by atoms with E-state index in [4.69, 9.17) is 10.9 Å². The highest BCUT2D eigenvalue weighted by Crippen LogP contribution is 2.37. The predicted molar refractivity (Wildman–Crippen MR) is 75.0 cm³/mol. The molecule has 0 atom stereocenters. The summed E-state index contributed by atoms with van der Waals surface area (Å²) in [5.41, 5.74) is 6.52. The average Bonchev–Trinajstić information content (AvgIpc) is 2.32. The Hall–Kier alpha value is -0.720. The van der Waals surface area contributed by atoms with Crippen molar-refractivity contribution in [2.24, 2.45) is 5.14 Å². The lowest BCUT2D eigenvalue weighted by Crippen LogP contribution is -2.13. The Morgan fingerprint density at radius 3 is 2.44 bits per heavy atom. The minimum Gasteiger partial charge on any atom is -0.398 e. The molecule has 0 unspecified atom stereocenters. The van der Waals surface area contributed by atoms with Crippen LogP contribution < -0.4 is 10.9 Å². The van der Waals surface area contributed by atoms with Crippen LogP contribution in [0.4, 0.5) is 5.69 Å². The van der Waals surface area contributed by atoms with Crippen molar-refractivity contribution < 1.29 is 8.42 Å². The Labute approximate surface area is 112 Å². The molecule has 0 bridgehead atoms. The van der Waals surface area contributed by atoms with Crippen LogP contribution in [-0.2, 0) is 10.0 Å². The Morgan fingerprint density at radius 1 is 1.17 bits per heavy atom. The number of rotatable bonds is 3. The van der Waals surface area contributed by atoms with Crippen molar-refractivity contribution >= 4 is 27.5 Å².